The maximum Gasteiger partial charge on any atom is 0.244 e. The van der Waals surface area contributed by atoms with Gasteiger partial charge in [0.1, 0.15) is 0 Å². The molecule has 0 saturated carbocycles. The molecule has 2 amide bonds. The smallest absolute Gasteiger partial charge is 0.244 e. The molecular weight excluding hydrogens is 513 g/mol. The monoisotopic (exact) mass is 535 g/mol. The van der Waals surface area contributed by atoms with Gasteiger partial charge in [-0.25, -0.2) is 0 Å². The summed E-state index contributed by atoms with van der Waals surface area (Å²) in [6, 6.07) is 10.2. The van der Waals surface area contributed by atoms with E-state index in [-0.39, 0.29) is 24.1 Å². The zero-order chi connectivity index (χ0) is 25.4. The molecule has 1 aromatic heterocycles. The van der Waals surface area contributed by atoms with E-state index in [0.29, 0.717) is 38.2 Å². The number of nitrogens with zero attached hydrogens (tertiary/aromatic N) is 3. The van der Waals surface area contributed by atoms with Crippen LogP contribution in [0.4, 0.5) is 5.69 Å². The highest BCUT2D eigenvalue weighted by molar-refractivity contribution is 7.99. The van der Waals surface area contributed by atoms with Gasteiger partial charge in [0.15, 0.2) is 22.5 Å². The number of rotatable bonds is 10. The zero-order valence-corrected chi connectivity index (χ0v) is 21.5. The summed E-state index contributed by atoms with van der Waals surface area (Å²) in [7, 11) is 4.87. The van der Waals surface area contributed by atoms with Gasteiger partial charge in [-0.3, -0.25) is 9.59 Å². The number of halogens is 2. The molecule has 35 heavy (non-hydrogen) atoms. The number of methoxy groups -OCH3 is 2. The summed E-state index contributed by atoms with van der Waals surface area (Å²) in [6.07, 6.45) is 3.08. The number of benzene rings is 2. The Morgan fingerprint density at radius 1 is 1.09 bits per heavy atom. The fraction of sp³-hybridized carbons (Fsp3) is 0.217. The van der Waals surface area contributed by atoms with Crippen LogP contribution in [0.1, 0.15) is 11.4 Å². The molecule has 0 fully saturated rings. The van der Waals surface area contributed by atoms with Gasteiger partial charge in [-0.15, -0.1) is 10.2 Å². The molecule has 0 atom stereocenters. The first kappa shape index (κ1) is 26.4. The quantitative estimate of drug-likeness (QED) is 0.296. The van der Waals surface area contributed by atoms with E-state index in [4.69, 9.17) is 32.7 Å². The molecule has 12 heteroatoms. The van der Waals surface area contributed by atoms with Gasteiger partial charge in [-0.1, -0.05) is 41.0 Å². The second-order valence-electron chi connectivity index (χ2n) is 7.08. The molecule has 3 rings (SSSR count). The number of nitrogens with one attached hydrogen (secondary N) is 2. The third kappa shape index (κ3) is 7.38. The third-order valence-corrected chi connectivity index (χ3v) is 6.29. The lowest BCUT2D eigenvalue weighted by Gasteiger charge is -2.08. The zero-order valence-electron chi connectivity index (χ0n) is 19.2. The van der Waals surface area contributed by atoms with Crippen LogP contribution >= 0.6 is 35.0 Å². The van der Waals surface area contributed by atoms with E-state index in [2.05, 4.69) is 20.8 Å². The van der Waals surface area contributed by atoms with Crippen molar-refractivity contribution in [2.45, 2.75) is 11.7 Å². The van der Waals surface area contributed by atoms with Crippen LogP contribution < -0.4 is 20.1 Å². The number of carbonyl (C=O) groups is 2. The van der Waals surface area contributed by atoms with Crippen LogP contribution in [0.15, 0.2) is 47.6 Å². The van der Waals surface area contributed by atoms with Gasteiger partial charge >= 0.3 is 0 Å². The number of thioether (sulfide) groups is 1. The van der Waals surface area contributed by atoms with Crippen molar-refractivity contribution in [1.82, 2.24) is 20.1 Å². The maximum atomic E-state index is 12.3. The Morgan fingerprint density at radius 3 is 2.57 bits per heavy atom. The Labute approximate surface area is 216 Å². The van der Waals surface area contributed by atoms with E-state index in [1.54, 1.807) is 62.2 Å². The van der Waals surface area contributed by atoms with E-state index in [1.807, 2.05) is 6.07 Å². The van der Waals surface area contributed by atoms with Crippen molar-refractivity contribution < 1.29 is 19.1 Å². The number of hydrogen-bond acceptors (Lipinski definition) is 7. The fourth-order valence-electron chi connectivity index (χ4n) is 2.89. The minimum Gasteiger partial charge on any atom is -0.493 e. The molecule has 0 radical (unpaired) electrons. The Hall–Kier alpha value is -3.21. The van der Waals surface area contributed by atoms with Crippen LogP contribution in [0.5, 0.6) is 11.5 Å². The van der Waals surface area contributed by atoms with Crippen LogP contribution in [-0.4, -0.2) is 46.6 Å². The number of carbonyl (C=O) groups excluding carboxylic acids is 2. The summed E-state index contributed by atoms with van der Waals surface area (Å²) in [5, 5.41) is 15.0. The number of ether oxygens (including phenoxy) is 2. The second kappa shape index (κ2) is 12.5. The highest BCUT2D eigenvalue weighted by atomic mass is 35.5. The SMILES string of the molecule is COc1ccc(C=CC(=O)NCc2nnc(SCC(=O)Nc3ccc(Cl)cc3Cl)n2C)cc1OC. The number of anilines is 1. The Balaban J connectivity index is 1.50. The number of aromatic nitrogens is 3. The van der Waals surface area contributed by atoms with Gasteiger partial charge in [0.05, 0.1) is 37.2 Å². The number of hydrogen-bond donors (Lipinski definition) is 2. The highest BCUT2D eigenvalue weighted by Gasteiger charge is 2.13. The molecule has 0 bridgehead atoms. The average molecular weight is 536 g/mol. The van der Waals surface area contributed by atoms with Gasteiger partial charge in [0.25, 0.3) is 0 Å². The lowest BCUT2D eigenvalue weighted by molar-refractivity contribution is -0.116. The molecule has 2 N–H and O–H groups in total. The summed E-state index contributed by atoms with van der Waals surface area (Å²) in [6.45, 7) is 0.172. The fourth-order valence-corrected chi connectivity index (χ4v) is 4.07. The molecule has 0 aliphatic rings. The van der Waals surface area contributed by atoms with Crippen LogP contribution in [-0.2, 0) is 23.2 Å². The lowest BCUT2D eigenvalue weighted by Crippen LogP contribution is -2.22. The van der Waals surface area contributed by atoms with Crippen LogP contribution in [0.3, 0.4) is 0 Å². The predicted molar refractivity (Wildman–Crippen MR) is 137 cm³/mol. The van der Waals surface area contributed by atoms with Gasteiger partial charge in [0.2, 0.25) is 11.8 Å². The Morgan fingerprint density at radius 2 is 1.86 bits per heavy atom. The van der Waals surface area contributed by atoms with Crippen molar-refractivity contribution in [3.63, 3.8) is 0 Å². The standard InChI is InChI=1S/C23H23Cl2N5O4S/c1-30-20(12-26-21(31)9-5-14-4-8-18(33-2)19(10-14)34-3)28-29-23(30)35-13-22(32)27-17-7-6-15(24)11-16(17)25/h4-11H,12-13H2,1-3H3,(H,26,31)(H,27,32). The summed E-state index contributed by atoms with van der Waals surface area (Å²) in [5.74, 6) is 1.28. The van der Waals surface area contributed by atoms with E-state index in [9.17, 15) is 9.59 Å². The number of amides is 2. The predicted octanol–water partition coefficient (Wildman–Crippen LogP) is 4.20. The highest BCUT2D eigenvalue weighted by Crippen LogP contribution is 2.28. The largest absolute Gasteiger partial charge is 0.493 e. The van der Waals surface area contributed by atoms with Crippen LogP contribution in [0, 0.1) is 0 Å². The van der Waals surface area contributed by atoms with Crippen molar-refractivity contribution in [3.8, 4) is 11.5 Å². The van der Waals surface area contributed by atoms with Gasteiger partial charge in [0, 0.05) is 18.1 Å². The Bertz CT molecular complexity index is 1250. The molecule has 0 saturated heterocycles. The molecule has 2 aromatic carbocycles. The second-order valence-corrected chi connectivity index (χ2v) is 8.87. The molecule has 0 aliphatic heterocycles. The maximum absolute atomic E-state index is 12.3. The minimum absolute atomic E-state index is 0.103. The average Bonchev–Trinajstić information content (AvgIpc) is 3.20. The normalized spacial score (nSPS) is 10.9. The minimum atomic E-state index is -0.295. The van der Waals surface area contributed by atoms with Crippen LogP contribution in [0.2, 0.25) is 10.0 Å². The van der Waals surface area contributed by atoms with E-state index < -0.39 is 0 Å². The molecule has 1 heterocycles. The molecule has 0 aliphatic carbocycles. The van der Waals surface area contributed by atoms with Crippen molar-refractivity contribution in [2.24, 2.45) is 7.05 Å². The van der Waals surface area contributed by atoms with Gasteiger partial charge in [-0.05, 0) is 42.0 Å². The summed E-state index contributed by atoms with van der Waals surface area (Å²) >= 11 is 13.2. The first-order valence-corrected chi connectivity index (χ1v) is 12.0. The Kier molecular flexibility index (Phi) is 9.41. The van der Waals surface area contributed by atoms with Crippen molar-refractivity contribution in [3.05, 3.63) is 63.9 Å². The van der Waals surface area contributed by atoms with Crippen molar-refractivity contribution in [1.29, 1.82) is 0 Å². The van der Waals surface area contributed by atoms with Crippen molar-refractivity contribution in [2.75, 3.05) is 25.3 Å². The third-order valence-electron chi connectivity index (χ3n) is 4.72. The van der Waals surface area contributed by atoms with Crippen molar-refractivity contribution >= 4 is 58.5 Å². The molecule has 3 aromatic rings. The lowest BCUT2D eigenvalue weighted by atomic mass is 10.2. The molecular formula is C23H23Cl2N5O4S. The first-order valence-electron chi connectivity index (χ1n) is 10.2. The van der Waals surface area contributed by atoms with Gasteiger partial charge in [-0.2, -0.15) is 0 Å². The topological polar surface area (TPSA) is 107 Å². The van der Waals surface area contributed by atoms with Crippen LogP contribution in [0.25, 0.3) is 6.08 Å². The molecule has 184 valence electrons. The molecule has 0 spiro atoms. The summed E-state index contributed by atoms with van der Waals surface area (Å²) in [5.41, 5.74) is 1.26. The van der Waals surface area contributed by atoms with Gasteiger partial charge < -0.3 is 24.7 Å². The van der Waals surface area contributed by atoms with E-state index >= 15 is 0 Å². The molecule has 9 nitrogen and oxygen atoms in total. The summed E-state index contributed by atoms with van der Waals surface area (Å²) < 4.78 is 12.2. The van der Waals surface area contributed by atoms with E-state index in [1.165, 1.54) is 17.8 Å². The first-order chi connectivity index (χ1) is 16.8. The van der Waals surface area contributed by atoms with E-state index in [0.717, 1.165) is 5.56 Å². The molecule has 0 unspecified atom stereocenters. The summed E-state index contributed by atoms with van der Waals surface area (Å²) in [4.78, 5) is 24.5.